The van der Waals surface area contributed by atoms with Crippen LogP contribution in [0.1, 0.15) is 24.8 Å². The molecule has 0 aliphatic rings. The van der Waals surface area contributed by atoms with E-state index in [1.54, 1.807) is 18.6 Å². The van der Waals surface area contributed by atoms with E-state index in [1.165, 1.54) is 0 Å². The van der Waals surface area contributed by atoms with Crippen LogP contribution in [-0.4, -0.2) is 20.1 Å². The molecule has 3 aromatic heterocycles. The van der Waals surface area contributed by atoms with Gasteiger partial charge in [0.25, 0.3) is 0 Å². The minimum atomic E-state index is 0.510. The van der Waals surface area contributed by atoms with Gasteiger partial charge in [-0.2, -0.15) is 0 Å². The minimum absolute atomic E-state index is 0.510. The molecule has 0 aliphatic heterocycles. The number of anilines is 1. The van der Waals surface area contributed by atoms with Gasteiger partial charge in [-0.3, -0.25) is 4.98 Å². The van der Waals surface area contributed by atoms with Gasteiger partial charge in [0.1, 0.15) is 0 Å². The quantitative estimate of drug-likeness (QED) is 0.753. The van der Waals surface area contributed by atoms with E-state index in [4.69, 9.17) is 4.52 Å². The van der Waals surface area contributed by atoms with Crippen LogP contribution in [0.5, 0.6) is 0 Å². The molecule has 0 saturated carbocycles. The standard InChI is InChI=1S/C16H17N5O/c1-2-3-13-10-14(22-21-13)11-19-16-18-9-6-15(20-16)12-4-7-17-8-5-12/h4-10H,2-3,11H2,1H3,(H,18,19,20). The fraction of sp³-hybridized carbons (Fsp3) is 0.250. The van der Waals surface area contributed by atoms with Gasteiger partial charge >= 0.3 is 0 Å². The van der Waals surface area contributed by atoms with Crippen molar-refractivity contribution in [2.24, 2.45) is 0 Å². The van der Waals surface area contributed by atoms with Crippen molar-refractivity contribution in [1.29, 1.82) is 0 Å². The molecule has 3 aromatic rings. The van der Waals surface area contributed by atoms with E-state index in [1.807, 2.05) is 24.3 Å². The third kappa shape index (κ3) is 3.46. The van der Waals surface area contributed by atoms with Crippen molar-refractivity contribution < 1.29 is 4.52 Å². The summed E-state index contributed by atoms with van der Waals surface area (Å²) in [6.07, 6.45) is 7.20. The van der Waals surface area contributed by atoms with Crippen LogP contribution in [0, 0.1) is 0 Å². The fourth-order valence-corrected chi connectivity index (χ4v) is 2.11. The lowest BCUT2D eigenvalue weighted by Crippen LogP contribution is -2.03. The maximum atomic E-state index is 5.28. The Morgan fingerprint density at radius 1 is 1.14 bits per heavy atom. The SMILES string of the molecule is CCCc1cc(CNc2nccc(-c3ccncc3)n2)on1. The first-order chi connectivity index (χ1) is 10.8. The topological polar surface area (TPSA) is 76.7 Å². The van der Waals surface area contributed by atoms with Crippen LogP contribution < -0.4 is 5.32 Å². The molecule has 0 unspecified atom stereocenters. The Morgan fingerprint density at radius 3 is 2.82 bits per heavy atom. The van der Waals surface area contributed by atoms with Crippen molar-refractivity contribution in [3.63, 3.8) is 0 Å². The fourth-order valence-electron chi connectivity index (χ4n) is 2.11. The summed E-state index contributed by atoms with van der Waals surface area (Å²) >= 11 is 0. The molecule has 3 rings (SSSR count). The van der Waals surface area contributed by atoms with Gasteiger partial charge in [0.05, 0.1) is 17.9 Å². The molecule has 22 heavy (non-hydrogen) atoms. The molecule has 1 N–H and O–H groups in total. The molecular weight excluding hydrogens is 278 g/mol. The highest BCUT2D eigenvalue weighted by molar-refractivity contribution is 5.58. The second-order valence-corrected chi connectivity index (χ2v) is 4.89. The van der Waals surface area contributed by atoms with E-state index >= 15 is 0 Å². The smallest absolute Gasteiger partial charge is 0.223 e. The number of nitrogens with one attached hydrogen (secondary N) is 1. The van der Waals surface area contributed by atoms with E-state index in [9.17, 15) is 0 Å². The number of rotatable bonds is 6. The summed E-state index contributed by atoms with van der Waals surface area (Å²) in [7, 11) is 0. The summed E-state index contributed by atoms with van der Waals surface area (Å²) < 4.78 is 5.28. The molecule has 0 spiro atoms. The number of pyridine rings is 1. The number of aryl methyl sites for hydroxylation is 1. The van der Waals surface area contributed by atoms with Gasteiger partial charge in [-0.05, 0) is 24.6 Å². The zero-order valence-electron chi connectivity index (χ0n) is 12.4. The molecule has 3 heterocycles. The first-order valence-electron chi connectivity index (χ1n) is 7.27. The van der Waals surface area contributed by atoms with E-state index in [0.717, 1.165) is 35.6 Å². The second kappa shape index (κ2) is 6.80. The van der Waals surface area contributed by atoms with Gasteiger partial charge in [0.2, 0.25) is 5.95 Å². The Morgan fingerprint density at radius 2 is 2.00 bits per heavy atom. The molecule has 0 radical (unpaired) electrons. The van der Waals surface area contributed by atoms with Gasteiger partial charge in [-0.15, -0.1) is 0 Å². The Bertz CT molecular complexity index is 726. The van der Waals surface area contributed by atoms with Crippen LogP contribution in [0.25, 0.3) is 11.3 Å². The van der Waals surface area contributed by atoms with E-state index in [-0.39, 0.29) is 0 Å². The van der Waals surface area contributed by atoms with Crippen molar-refractivity contribution in [2.45, 2.75) is 26.3 Å². The monoisotopic (exact) mass is 295 g/mol. The minimum Gasteiger partial charge on any atom is -0.359 e. The highest BCUT2D eigenvalue weighted by atomic mass is 16.5. The molecule has 0 amide bonds. The first-order valence-corrected chi connectivity index (χ1v) is 7.27. The van der Waals surface area contributed by atoms with Gasteiger partial charge in [-0.1, -0.05) is 18.5 Å². The zero-order valence-corrected chi connectivity index (χ0v) is 12.4. The maximum absolute atomic E-state index is 5.28. The van der Waals surface area contributed by atoms with Gasteiger partial charge in [-0.25, -0.2) is 9.97 Å². The molecule has 0 bridgehead atoms. The van der Waals surface area contributed by atoms with Crippen molar-refractivity contribution >= 4 is 5.95 Å². The molecule has 0 saturated heterocycles. The normalized spacial score (nSPS) is 10.6. The zero-order chi connectivity index (χ0) is 15.2. The lowest BCUT2D eigenvalue weighted by molar-refractivity contribution is 0.381. The highest BCUT2D eigenvalue weighted by Gasteiger charge is 2.05. The van der Waals surface area contributed by atoms with Crippen LogP contribution in [0.15, 0.2) is 47.4 Å². The van der Waals surface area contributed by atoms with Crippen LogP contribution in [0.2, 0.25) is 0 Å². The average molecular weight is 295 g/mol. The summed E-state index contributed by atoms with van der Waals surface area (Å²) in [5, 5.41) is 7.18. The molecule has 6 nitrogen and oxygen atoms in total. The highest BCUT2D eigenvalue weighted by Crippen LogP contribution is 2.16. The van der Waals surface area contributed by atoms with Crippen molar-refractivity contribution in [2.75, 3.05) is 5.32 Å². The van der Waals surface area contributed by atoms with Gasteiger partial charge in [0, 0.05) is 30.2 Å². The Balaban J connectivity index is 1.67. The summed E-state index contributed by atoms with van der Waals surface area (Å²) in [4.78, 5) is 12.7. The van der Waals surface area contributed by atoms with Crippen LogP contribution >= 0.6 is 0 Å². The van der Waals surface area contributed by atoms with Crippen molar-refractivity contribution in [1.82, 2.24) is 20.1 Å². The Kier molecular flexibility index (Phi) is 4.38. The summed E-state index contributed by atoms with van der Waals surface area (Å²) in [6.45, 7) is 2.63. The van der Waals surface area contributed by atoms with E-state index in [2.05, 4.69) is 32.3 Å². The maximum Gasteiger partial charge on any atom is 0.223 e. The lowest BCUT2D eigenvalue weighted by Gasteiger charge is -2.04. The lowest BCUT2D eigenvalue weighted by atomic mass is 10.2. The number of nitrogens with zero attached hydrogens (tertiary/aromatic N) is 4. The summed E-state index contributed by atoms with van der Waals surface area (Å²) in [5.41, 5.74) is 2.83. The molecule has 0 aliphatic carbocycles. The average Bonchev–Trinajstić information content (AvgIpc) is 3.02. The Labute approximate surface area is 128 Å². The van der Waals surface area contributed by atoms with Gasteiger partial charge in [0.15, 0.2) is 5.76 Å². The third-order valence-corrected chi connectivity index (χ3v) is 3.17. The van der Waals surface area contributed by atoms with Crippen molar-refractivity contribution in [3.8, 4) is 11.3 Å². The second-order valence-electron chi connectivity index (χ2n) is 4.89. The van der Waals surface area contributed by atoms with Crippen molar-refractivity contribution in [3.05, 3.63) is 54.3 Å². The molecule has 0 fully saturated rings. The number of hydrogen-bond donors (Lipinski definition) is 1. The number of hydrogen-bond acceptors (Lipinski definition) is 6. The van der Waals surface area contributed by atoms with E-state index in [0.29, 0.717) is 12.5 Å². The largest absolute Gasteiger partial charge is 0.359 e. The molecule has 0 aromatic carbocycles. The number of aromatic nitrogens is 4. The molecule has 0 atom stereocenters. The molecule has 6 heteroatoms. The molecule has 112 valence electrons. The summed E-state index contributed by atoms with van der Waals surface area (Å²) in [5.74, 6) is 1.34. The first kappa shape index (κ1) is 14.2. The van der Waals surface area contributed by atoms with Crippen LogP contribution in [0.3, 0.4) is 0 Å². The summed E-state index contributed by atoms with van der Waals surface area (Å²) in [6, 6.07) is 7.66. The third-order valence-electron chi connectivity index (χ3n) is 3.17. The van der Waals surface area contributed by atoms with Crippen LogP contribution in [-0.2, 0) is 13.0 Å². The predicted octanol–water partition coefficient (Wildman–Crippen LogP) is 3.09. The molecular formula is C16H17N5O. The van der Waals surface area contributed by atoms with Crippen LogP contribution in [0.4, 0.5) is 5.95 Å². The van der Waals surface area contributed by atoms with Gasteiger partial charge < -0.3 is 9.84 Å². The predicted molar refractivity (Wildman–Crippen MR) is 83.1 cm³/mol. The Hall–Kier alpha value is -2.76. The van der Waals surface area contributed by atoms with E-state index < -0.39 is 0 Å².